The molecule has 24 heavy (non-hydrogen) atoms. The van der Waals surface area contributed by atoms with E-state index in [1.54, 1.807) is 30.3 Å². The lowest BCUT2D eigenvalue weighted by Gasteiger charge is -2.08. The summed E-state index contributed by atoms with van der Waals surface area (Å²) >= 11 is 5.80. The fourth-order valence-corrected chi connectivity index (χ4v) is 2.50. The van der Waals surface area contributed by atoms with Crippen LogP contribution in [0.3, 0.4) is 0 Å². The first-order valence-corrected chi connectivity index (χ1v) is 7.82. The highest BCUT2D eigenvalue weighted by atomic mass is 35.5. The van der Waals surface area contributed by atoms with Crippen LogP contribution in [0.2, 0.25) is 5.02 Å². The summed E-state index contributed by atoms with van der Waals surface area (Å²) in [6.45, 7) is 2.10. The maximum absolute atomic E-state index is 12.1. The standard InChI is InChI=1S/C18H16ClN3O2/c1-11-2-3-12-9-13(17(23)22-16(12)8-11)10-20-18(24)21-15-6-4-14(19)5-7-15/h2-9H,10H2,1H3,(H,22,23)(H2,20,21,24). The van der Waals surface area contributed by atoms with Crippen molar-refractivity contribution < 1.29 is 4.79 Å². The van der Waals surface area contributed by atoms with Gasteiger partial charge in [0.2, 0.25) is 0 Å². The highest BCUT2D eigenvalue weighted by Gasteiger charge is 2.06. The Balaban J connectivity index is 1.69. The number of anilines is 1. The van der Waals surface area contributed by atoms with Gasteiger partial charge in [-0.05, 0) is 54.3 Å². The normalized spacial score (nSPS) is 10.6. The minimum absolute atomic E-state index is 0.137. The predicted molar refractivity (Wildman–Crippen MR) is 96.6 cm³/mol. The fourth-order valence-electron chi connectivity index (χ4n) is 2.38. The lowest BCUT2D eigenvalue weighted by atomic mass is 10.1. The fraction of sp³-hybridized carbons (Fsp3) is 0.111. The number of aromatic amines is 1. The number of fused-ring (bicyclic) bond motifs is 1. The van der Waals surface area contributed by atoms with Gasteiger partial charge in [-0.15, -0.1) is 0 Å². The van der Waals surface area contributed by atoms with E-state index in [-0.39, 0.29) is 18.1 Å². The monoisotopic (exact) mass is 341 g/mol. The molecule has 3 aromatic rings. The second-order valence-corrected chi connectivity index (χ2v) is 5.97. The maximum Gasteiger partial charge on any atom is 0.319 e. The number of hydrogen-bond acceptors (Lipinski definition) is 2. The number of rotatable bonds is 3. The molecular formula is C18H16ClN3O2. The minimum atomic E-state index is -0.388. The van der Waals surface area contributed by atoms with Crippen molar-refractivity contribution in [1.82, 2.24) is 10.3 Å². The molecule has 0 atom stereocenters. The number of nitrogens with one attached hydrogen (secondary N) is 3. The molecular weight excluding hydrogens is 326 g/mol. The van der Waals surface area contributed by atoms with E-state index in [0.717, 1.165) is 16.5 Å². The summed E-state index contributed by atoms with van der Waals surface area (Å²) < 4.78 is 0. The van der Waals surface area contributed by atoms with Gasteiger partial charge in [-0.3, -0.25) is 4.79 Å². The quantitative estimate of drug-likeness (QED) is 0.677. The molecule has 0 bridgehead atoms. The van der Waals surface area contributed by atoms with Crippen LogP contribution in [0.25, 0.3) is 10.9 Å². The predicted octanol–water partition coefficient (Wildman–Crippen LogP) is 3.81. The largest absolute Gasteiger partial charge is 0.334 e. The third kappa shape index (κ3) is 3.75. The summed E-state index contributed by atoms with van der Waals surface area (Å²) in [7, 11) is 0. The van der Waals surface area contributed by atoms with Crippen LogP contribution in [-0.4, -0.2) is 11.0 Å². The van der Waals surface area contributed by atoms with Crippen LogP contribution in [-0.2, 0) is 6.54 Å². The third-order valence-corrected chi connectivity index (χ3v) is 3.87. The number of H-pyrrole nitrogens is 1. The lowest BCUT2D eigenvalue weighted by Crippen LogP contribution is -2.30. The molecule has 2 amide bonds. The Bertz CT molecular complexity index is 949. The zero-order valence-corrected chi connectivity index (χ0v) is 13.8. The Labute approximate surface area is 143 Å². The SMILES string of the molecule is Cc1ccc2cc(CNC(=O)Nc3ccc(Cl)cc3)c(=O)[nH]c2c1. The van der Waals surface area contributed by atoms with Crippen molar-refractivity contribution in [1.29, 1.82) is 0 Å². The minimum Gasteiger partial charge on any atom is -0.334 e. The van der Waals surface area contributed by atoms with Crippen LogP contribution in [0.5, 0.6) is 0 Å². The zero-order chi connectivity index (χ0) is 17.1. The van der Waals surface area contributed by atoms with E-state index in [2.05, 4.69) is 15.6 Å². The van der Waals surface area contributed by atoms with Gasteiger partial charge in [0.05, 0.1) is 0 Å². The highest BCUT2D eigenvalue weighted by Crippen LogP contribution is 2.14. The summed E-state index contributed by atoms with van der Waals surface area (Å²) in [5, 5.41) is 6.88. The van der Waals surface area contributed by atoms with Crippen molar-refractivity contribution in [3.8, 4) is 0 Å². The maximum atomic E-state index is 12.1. The number of halogens is 1. The van der Waals surface area contributed by atoms with Crippen molar-refractivity contribution in [2.24, 2.45) is 0 Å². The van der Waals surface area contributed by atoms with Gasteiger partial charge in [-0.1, -0.05) is 23.7 Å². The molecule has 0 fully saturated rings. The molecule has 0 saturated heterocycles. The summed E-state index contributed by atoms with van der Waals surface area (Å²) in [6.07, 6.45) is 0. The molecule has 0 saturated carbocycles. The number of benzene rings is 2. The number of carbonyl (C=O) groups excluding carboxylic acids is 1. The summed E-state index contributed by atoms with van der Waals surface area (Å²) in [5.74, 6) is 0. The summed E-state index contributed by atoms with van der Waals surface area (Å²) in [6, 6.07) is 14.0. The van der Waals surface area contributed by atoms with E-state index in [1.807, 2.05) is 25.1 Å². The number of aromatic nitrogens is 1. The van der Waals surface area contributed by atoms with Gasteiger partial charge < -0.3 is 15.6 Å². The Morgan fingerprint density at radius 2 is 1.88 bits per heavy atom. The summed E-state index contributed by atoms with van der Waals surface area (Å²) in [5.41, 5.74) is 2.78. The average Bonchev–Trinajstić information content (AvgIpc) is 2.55. The Morgan fingerprint density at radius 3 is 2.62 bits per heavy atom. The molecule has 0 aliphatic heterocycles. The van der Waals surface area contributed by atoms with E-state index < -0.39 is 0 Å². The first-order valence-electron chi connectivity index (χ1n) is 7.44. The van der Waals surface area contributed by atoms with Crippen molar-refractivity contribution >= 4 is 34.2 Å². The smallest absolute Gasteiger partial charge is 0.319 e. The van der Waals surface area contributed by atoms with Crippen LogP contribution in [0.4, 0.5) is 10.5 Å². The number of urea groups is 1. The van der Waals surface area contributed by atoms with Crippen LogP contribution in [0.15, 0.2) is 53.3 Å². The summed E-state index contributed by atoms with van der Waals surface area (Å²) in [4.78, 5) is 26.9. The number of amides is 2. The second-order valence-electron chi connectivity index (χ2n) is 5.53. The van der Waals surface area contributed by atoms with Crippen LogP contribution in [0.1, 0.15) is 11.1 Å². The van der Waals surface area contributed by atoms with Crippen LogP contribution in [0, 0.1) is 6.92 Å². The number of carbonyl (C=O) groups is 1. The van der Waals surface area contributed by atoms with Gasteiger partial charge in [0.15, 0.2) is 0 Å². The lowest BCUT2D eigenvalue weighted by molar-refractivity contribution is 0.251. The van der Waals surface area contributed by atoms with E-state index in [9.17, 15) is 9.59 Å². The number of aryl methyl sites for hydroxylation is 1. The van der Waals surface area contributed by atoms with Gasteiger partial charge in [0.1, 0.15) is 0 Å². The number of hydrogen-bond donors (Lipinski definition) is 3. The highest BCUT2D eigenvalue weighted by molar-refractivity contribution is 6.30. The molecule has 5 nitrogen and oxygen atoms in total. The van der Waals surface area contributed by atoms with Gasteiger partial charge in [0, 0.05) is 28.3 Å². The first-order chi connectivity index (χ1) is 11.5. The second kappa shape index (κ2) is 6.76. The van der Waals surface area contributed by atoms with Gasteiger partial charge in [-0.2, -0.15) is 0 Å². The topological polar surface area (TPSA) is 74.0 Å². The molecule has 3 N–H and O–H groups in total. The molecule has 0 aliphatic carbocycles. The molecule has 6 heteroatoms. The van der Waals surface area contributed by atoms with E-state index in [1.165, 1.54) is 0 Å². The van der Waals surface area contributed by atoms with E-state index in [4.69, 9.17) is 11.6 Å². The van der Waals surface area contributed by atoms with Crippen LogP contribution >= 0.6 is 11.6 Å². The van der Waals surface area contributed by atoms with Crippen molar-refractivity contribution in [3.05, 3.63) is 75.0 Å². The van der Waals surface area contributed by atoms with E-state index in [0.29, 0.717) is 16.3 Å². The van der Waals surface area contributed by atoms with Crippen molar-refractivity contribution in [2.45, 2.75) is 13.5 Å². The van der Waals surface area contributed by atoms with Crippen molar-refractivity contribution in [3.63, 3.8) is 0 Å². The number of pyridine rings is 1. The molecule has 3 rings (SSSR count). The molecule has 0 unspecified atom stereocenters. The Kier molecular flexibility index (Phi) is 4.53. The Morgan fingerprint density at radius 1 is 1.12 bits per heavy atom. The molecule has 1 aromatic heterocycles. The molecule has 122 valence electrons. The van der Waals surface area contributed by atoms with Gasteiger partial charge in [0.25, 0.3) is 5.56 Å². The third-order valence-electron chi connectivity index (χ3n) is 3.62. The Hall–Kier alpha value is -2.79. The first kappa shape index (κ1) is 16.1. The molecule has 2 aromatic carbocycles. The van der Waals surface area contributed by atoms with Gasteiger partial charge >= 0.3 is 6.03 Å². The van der Waals surface area contributed by atoms with Crippen molar-refractivity contribution in [2.75, 3.05) is 5.32 Å². The molecule has 0 radical (unpaired) electrons. The average molecular weight is 342 g/mol. The molecule has 1 heterocycles. The zero-order valence-electron chi connectivity index (χ0n) is 13.0. The van der Waals surface area contributed by atoms with E-state index >= 15 is 0 Å². The van der Waals surface area contributed by atoms with Crippen LogP contribution < -0.4 is 16.2 Å². The van der Waals surface area contributed by atoms with Gasteiger partial charge in [-0.25, -0.2) is 4.79 Å². The molecule has 0 spiro atoms. The molecule has 0 aliphatic rings.